The Hall–Kier alpha value is -0.880. The monoisotopic (exact) mass is 346 g/mol. The molecule has 0 atom stereocenters. The van der Waals surface area contributed by atoms with Crippen LogP contribution in [-0.2, 0) is 16.3 Å². The highest BCUT2D eigenvalue weighted by Crippen LogP contribution is 2.36. The smallest absolute Gasteiger partial charge is 0.187 e. The molecule has 0 fully saturated rings. The minimum atomic E-state index is -3.50. The number of carbonyl (C=O) groups is 1. The average molecular weight is 347 g/mol. The van der Waals surface area contributed by atoms with Crippen molar-refractivity contribution in [2.75, 3.05) is 12.9 Å². The lowest BCUT2D eigenvalue weighted by Crippen LogP contribution is -2.40. The molecule has 6 heteroatoms. The SMILES string of the molecule is CC(C)(C(=O)c1cc(Br)cc2c1OCC2)S(C)(=O)=O. The first-order valence-electron chi connectivity index (χ1n) is 5.84. The summed E-state index contributed by atoms with van der Waals surface area (Å²) in [6.07, 6.45) is 1.80. The second kappa shape index (κ2) is 4.59. The summed E-state index contributed by atoms with van der Waals surface area (Å²) in [5.41, 5.74) is 1.26. The summed E-state index contributed by atoms with van der Waals surface area (Å²) in [6, 6.07) is 3.52. The van der Waals surface area contributed by atoms with Gasteiger partial charge >= 0.3 is 0 Å². The van der Waals surface area contributed by atoms with Gasteiger partial charge in [0.05, 0.1) is 12.2 Å². The molecule has 1 aromatic carbocycles. The Morgan fingerprint density at radius 1 is 1.37 bits per heavy atom. The van der Waals surface area contributed by atoms with E-state index in [2.05, 4.69) is 15.9 Å². The lowest BCUT2D eigenvalue weighted by atomic mass is 9.97. The molecular formula is C13H15BrO4S. The highest BCUT2D eigenvalue weighted by atomic mass is 79.9. The number of sulfone groups is 1. The van der Waals surface area contributed by atoms with Crippen LogP contribution < -0.4 is 4.74 Å². The van der Waals surface area contributed by atoms with Gasteiger partial charge in [0.15, 0.2) is 15.6 Å². The predicted molar refractivity (Wildman–Crippen MR) is 76.6 cm³/mol. The summed E-state index contributed by atoms with van der Waals surface area (Å²) in [5, 5.41) is 0. The zero-order chi connectivity index (χ0) is 14.4. The Balaban J connectivity index is 2.58. The van der Waals surface area contributed by atoms with Crippen molar-refractivity contribution in [2.24, 2.45) is 0 Å². The number of ketones is 1. The molecule has 0 aliphatic carbocycles. The van der Waals surface area contributed by atoms with E-state index >= 15 is 0 Å². The number of ether oxygens (including phenoxy) is 1. The van der Waals surface area contributed by atoms with Crippen molar-refractivity contribution in [2.45, 2.75) is 25.0 Å². The van der Waals surface area contributed by atoms with Gasteiger partial charge in [0.25, 0.3) is 0 Å². The Kier molecular flexibility index (Phi) is 3.51. The van der Waals surface area contributed by atoms with Crippen LogP contribution in [0.4, 0.5) is 0 Å². The van der Waals surface area contributed by atoms with E-state index in [0.29, 0.717) is 17.9 Å². The highest BCUT2D eigenvalue weighted by molar-refractivity contribution is 9.10. The number of Topliss-reactive ketones (excluding diaryl/α,β-unsaturated/α-hetero) is 1. The summed E-state index contributed by atoms with van der Waals surface area (Å²) in [6.45, 7) is 3.37. The van der Waals surface area contributed by atoms with Gasteiger partial charge in [-0.25, -0.2) is 8.42 Å². The second-order valence-electron chi connectivity index (χ2n) is 5.15. The molecule has 0 unspecified atom stereocenters. The molecule has 1 aromatic rings. The topological polar surface area (TPSA) is 60.4 Å². The second-order valence-corrected chi connectivity index (χ2v) is 8.63. The van der Waals surface area contributed by atoms with E-state index in [1.54, 1.807) is 6.07 Å². The molecular weight excluding hydrogens is 332 g/mol. The van der Waals surface area contributed by atoms with E-state index in [1.807, 2.05) is 6.07 Å². The lowest BCUT2D eigenvalue weighted by Gasteiger charge is -2.22. The van der Waals surface area contributed by atoms with Gasteiger partial charge in [-0.05, 0) is 31.5 Å². The van der Waals surface area contributed by atoms with Crippen LogP contribution in [0.5, 0.6) is 5.75 Å². The van der Waals surface area contributed by atoms with Crippen molar-refractivity contribution < 1.29 is 17.9 Å². The molecule has 0 N–H and O–H groups in total. The number of hydrogen-bond acceptors (Lipinski definition) is 4. The van der Waals surface area contributed by atoms with Crippen molar-refractivity contribution >= 4 is 31.6 Å². The van der Waals surface area contributed by atoms with Gasteiger partial charge in [0, 0.05) is 17.1 Å². The standard InChI is InChI=1S/C13H15BrO4S/c1-13(2,19(3,16)17)12(15)10-7-9(14)6-8-4-5-18-11(8)10/h6-7H,4-5H2,1-3H3. The van der Waals surface area contributed by atoms with Crippen LogP contribution in [0.3, 0.4) is 0 Å². The van der Waals surface area contributed by atoms with Crippen LogP contribution in [0.1, 0.15) is 29.8 Å². The van der Waals surface area contributed by atoms with E-state index in [9.17, 15) is 13.2 Å². The van der Waals surface area contributed by atoms with Gasteiger partial charge in [-0.3, -0.25) is 4.79 Å². The van der Waals surface area contributed by atoms with Gasteiger partial charge in [-0.15, -0.1) is 0 Å². The van der Waals surface area contributed by atoms with Crippen molar-refractivity contribution in [1.82, 2.24) is 0 Å². The normalized spacial score (nSPS) is 14.9. The van der Waals surface area contributed by atoms with Gasteiger partial charge in [-0.2, -0.15) is 0 Å². The van der Waals surface area contributed by atoms with E-state index in [4.69, 9.17) is 4.74 Å². The molecule has 0 spiro atoms. The molecule has 4 nitrogen and oxygen atoms in total. The molecule has 0 saturated carbocycles. The third-order valence-corrected chi connectivity index (χ3v) is 5.96. The van der Waals surface area contributed by atoms with Crippen LogP contribution >= 0.6 is 15.9 Å². The predicted octanol–water partition coefficient (Wildman–Crippen LogP) is 2.39. The first kappa shape index (κ1) is 14.5. The Morgan fingerprint density at radius 2 is 2.00 bits per heavy atom. The molecule has 1 aliphatic rings. The molecule has 0 amide bonds. The quantitative estimate of drug-likeness (QED) is 0.788. The van der Waals surface area contributed by atoms with Crippen molar-refractivity contribution in [1.29, 1.82) is 0 Å². The van der Waals surface area contributed by atoms with Gasteiger partial charge in [-0.1, -0.05) is 15.9 Å². The maximum absolute atomic E-state index is 12.5. The first-order chi connectivity index (χ1) is 8.64. The van der Waals surface area contributed by atoms with Crippen LogP contribution in [0.25, 0.3) is 0 Å². The fourth-order valence-electron chi connectivity index (χ4n) is 1.93. The van der Waals surface area contributed by atoms with E-state index in [1.165, 1.54) is 13.8 Å². The molecule has 0 bridgehead atoms. The van der Waals surface area contributed by atoms with Crippen molar-refractivity contribution in [3.05, 3.63) is 27.7 Å². The van der Waals surface area contributed by atoms with Crippen LogP contribution in [-0.4, -0.2) is 31.8 Å². The van der Waals surface area contributed by atoms with Crippen LogP contribution in [0, 0.1) is 0 Å². The van der Waals surface area contributed by atoms with Gasteiger partial charge in [0.1, 0.15) is 10.5 Å². The van der Waals surface area contributed by atoms with E-state index < -0.39 is 20.4 Å². The summed E-state index contributed by atoms with van der Waals surface area (Å²) in [4.78, 5) is 12.5. The fraction of sp³-hybridized carbons (Fsp3) is 0.462. The van der Waals surface area contributed by atoms with Gasteiger partial charge in [0.2, 0.25) is 0 Å². The summed E-state index contributed by atoms with van der Waals surface area (Å²) < 4.78 is 28.3. The molecule has 0 radical (unpaired) electrons. The molecule has 104 valence electrons. The fourth-order valence-corrected chi connectivity index (χ4v) is 2.88. The highest BCUT2D eigenvalue weighted by Gasteiger charge is 2.41. The summed E-state index contributed by atoms with van der Waals surface area (Å²) in [5.74, 6) is 0.0828. The molecule has 19 heavy (non-hydrogen) atoms. The lowest BCUT2D eigenvalue weighted by molar-refractivity contribution is 0.0951. The number of carbonyl (C=O) groups excluding carboxylic acids is 1. The Bertz CT molecular complexity index is 647. The zero-order valence-electron chi connectivity index (χ0n) is 11.0. The van der Waals surface area contributed by atoms with Crippen molar-refractivity contribution in [3.63, 3.8) is 0 Å². The largest absolute Gasteiger partial charge is 0.492 e. The number of fused-ring (bicyclic) bond motifs is 1. The maximum atomic E-state index is 12.5. The van der Waals surface area contributed by atoms with E-state index in [0.717, 1.165) is 22.7 Å². The Morgan fingerprint density at radius 3 is 2.58 bits per heavy atom. The summed E-state index contributed by atoms with van der Waals surface area (Å²) >= 11 is 3.34. The third-order valence-electron chi connectivity index (χ3n) is 3.47. The Labute approximate surface area is 121 Å². The van der Waals surface area contributed by atoms with Crippen molar-refractivity contribution in [3.8, 4) is 5.75 Å². The van der Waals surface area contributed by atoms with E-state index in [-0.39, 0.29) is 0 Å². The van der Waals surface area contributed by atoms with Crippen LogP contribution in [0.2, 0.25) is 0 Å². The average Bonchev–Trinajstić information content (AvgIpc) is 2.72. The molecule has 2 rings (SSSR count). The third kappa shape index (κ3) is 2.43. The minimum Gasteiger partial charge on any atom is -0.492 e. The van der Waals surface area contributed by atoms with Crippen LogP contribution in [0.15, 0.2) is 16.6 Å². The molecule has 0 aromatic heterocycles. The first-order valence-corrected chi connectivity index (χ1v) is 8.52. The maximum Gasteiger partial charge on any atom is 0.187 e. The number of benzene rings is 1. The molecule has 1 aliphatic heterocycles. The molecule has 0 saturated heterocycles. The number of hydrogen-bond donors (Lipinski definition) is 0. The van der Waals surface area contributed by atoms with Gasteiger partial charge < -0.3 is 4.74 Å². The zero-order valence-corrected chi connectivity index (χ0v) is 13.4. The number of halogens is 1. The number of rotatable bonds is 3. The minimum absolute atomic E-state index is 0.331. The molecule has 1 heterocycles. The summed E-state index contributed by atoms with van der Waals surface area (Å²) in [7, 11) is -3.50.